The maximum absolute atomic E-state index is 14.8. The molecule has 6 rings (SSSR count). The van der Waals surface area contributed by atoms with E-state index in [0.29, 0.717) is 40.9 Å². The summed E-state index contributed by atoms with van der Waals surface area (Å²) in [5.41, 5.74) is 2.06. The van der Waals surface area contributed by atoms with Crippen molar-refractivity contribution in [2.24, 2.45) is 0 Å². The summed E-state index contributed by atoms with van der Waals surface area (Å²) in [6, 6.07) is 3.95. The van der Waals surface area contributed by atoms with E-state index in [4.69, 9.17) is 14.7 Å². The average Bonchev–Trinajstić information content (AvgIpc) is 3.39. The van der Waals surface area contributed by atoms with Crippen LogP contribution in [-0.4, -0.2) is 45.4 Å². The lowest BCUT2D eigenvalue weighted by atomic mass is 9.92. The molecule has 0 N–H and O–H groups in total. The number of aromatic nitrogens is 5. The minimum absolute atomic E-state index is 0.00676. The van der Waals surface area contributed by atoms with E-state index in [1.165, 1.54) is 30.2 Å². The molecule has 2 atom stereocenters. The van der Waals surface area contributed by atoms with Crippen molar-refractivity contribution in [2.75, 3.05) is 25.6 Å². The zero-order valence-electron chi connectivity index (χ0n) is 18.9. The van der Waals surface area contributed by atoms with Gasteiger partial charge in [-0.1, -0.05) is 11.3 Å². The summed E-state index contributed by atoms with van der Waals surface area (Å²) in [4.78, 5) is 16.1. The molecule has 10 heteroatoms. The fraction of sp³-hybridized carbons (Fsp3) is 0.417. The van der Waals surface area contributed by atoms with Gasteiger partial charge in [-0.15, -0.1) is 0 Å². The lowest BCUT2D eigenvalue weighted by Crippen LogP contribution is -2.20. The van der Waals surface area contributed by atoms with E-state index in [2.05, 4.69) is 16.3 Å². The molecule has 1 aliphatic carbocycles. The number of hydrogen-bond acceptors (Lipinski definition) is 7. The van der Waals surface area contributed by atoms with Crippen molar-refractivity contribution in [3.8, 4) is 11.3 Å². The molecule has 1 saturated carbocycles. The minimum atomic E-state index is -0.524. The van der Waals surface area contributed by atoms with E-state index in [1.54, 1.807) is 0 Å². The van der Waals surface area contributed by atoms with E-state index in [-0.39, 0.29) is 17.6 Å². The fourth-order valence-corrected chi connectivity index (χ4v) is 5.32. The highest BCUT2D eigenvalue weighted by molar-refractivity contribution is 7.22. The Morgan fingerprint density at radius 1 is 1.12 bits per heavy atom. The molecular weight excluding hydrogens is 458 g/mol. The summed E-state index contributed by atoms with van der Waals surface area (Å²) >= 11 is 1.37. The van der Waals surface area contributed by atoms with Gasteiger partial charge in [-0.3, -0.25) is 4.68 Å². The van der Waals surface area contributed by atoms with E-state index in [0.717, 1.165) is 29.2 Å². The standard InChI is InChI=1S/C24H24F2N6OS/c1-31(2)24-30-23-21(34-24)20(17-10-15(25)3-6-18(17)26)28-22(29-23)13-7-8-33-19(9-13)14-11-27-32(12-14)16-4-5-16/h3,6,10-13,16,19H,4-5,7-9H2,1-2H3. The summed E-state index contributed by atoms with van der Waals surface area (Å²) in [6.45, 7) is 0.564. The van der Waals surface area contributed by atoms with Crippen LogP contribution in [0.25, 0.3) is 21.6 Å². The van der Waals surface area contributed by atoms with Gasteiger partial charge >= 0.3 is 0 Å². The van der Waals surface area contributed by atoms with Gasteiger partial charge < -0.3 is 9.64 Å². The summed E-state index contributed by atoms with van der Waals surface area (Å²) in [5.74, 6) is -0.442. The van der Waals surface area contributed by atoms with Gasteiger partial charge in [0.2, 0.25) is 0 Å². The van der Waals surface area contributed by atoms with Crippen LogP contribution in [0, 0.1) is 11.6 Å². The first-order chi connectivity index (χ1) is 16.5. The van der Waals surface area contributed by atoms with Crippen molar-refractivity contribution in [1.29, 1.82) is 0 Å². The molecule has 1 aromatic carbocycles. The Morgan fingerprint density at radius 3 is 2.76 bits per heavy atom. The Balaban J connectivity index is 1.40. The van der Waals surface area contributed by atoms with Crippen molar-refractivity contribution >= 4 is 26.8 Å². The molecule has 4 aromatic rings. The van der Waals surface area contributed by atoms with Gasteiger partial charge in [0.25, 0.3) is 0 Å². The highest BCUT2D eigenvalue weighted by Crippen LogP contribution is 2.41. The Bertz CT molecular complexity index is 1370. The van der Waals surface area contributed by atoms with Crippen LogP contribution in [0.3, 0.4) is 0 Å². The lowest BCUT2D eigenvalue weighted by molar-refractivity contribution is 0.00396. The molecule has 2 aliphatic rings. The quantitative estimate of drug-likeness (QED) is 0.386. The lowest BCUT2D eigenvalue weighted by Gasteiger charge is -2.28. The Kier molecular flexibility index (Phi) is 5.29. The van der Waals surface area contributed by atoms with Crippen molar-refractivity contribution in [2.45, 2.75) is 43.7 Å². The van der Waals surface area contributed by atoms with Crippen molar-refractivity contribution < 1.29 is 13.5 Å². The zero-order chi connectivity index (χ0) is 23.4. The third kappa shape index (κ3) is 3.94. The fourth-order valence-electron chi connectivity index (χ4n) is 4.39. The van der Waals surface area contributed by atoms with Gasteiger partial charge in [-0.05, 0) is 43.9 Å². The highest BCUT2D eigenvalue weighted by Gasteiger charge is 2.31. The van der Waals surface area contributed by atoms with E-state index >= 15 is 0 Å². The monoisotopic (exact) mass is 482 g/mol. The number of hydrogen-bond donors (Lipinski definition) is 0. The number of halogens is 2. The molecular formula is C24H24F2N6OS. The summed E-state index contributed by atoms with van der Waals surface area (Å²) < 4.78 is 37.6. The second-order valence-corrected chi connectivity index (χ2v) is 10.1. The van der Waals surface area contributed by atoms with Crippen molar-refractivity contribution in [1.82, 2.24) is 24.7 Å². The number of thiazole rings is 1. The van der Waals surface area contributed by atoms with Crippen LogP contribution in [0.15, 0.2) is 30.6 Å². The van der Waals surface area contributed by atoms with Gasteiger partial charge in [0.15, 0.2) is 10.8 Å². The number of ether oxygens (including phenoxy) is 1. The molecule has 2 fully saturated rings. The predicted octanol–water partition coefficient (Wildman–Crippen LogP) is 5.26. The molecule has 0 bridgehead atoms. The SMILES string of the molecule is CN(C)c1nc2nc(C3CCOC(c4cnn(C5CC5)c4)C3)nc(-c3cc(F)ccc3F)c2s1. The molecule has 1 saturated heterocycles. The first-order valence-corrected chi connectivity index (χ1v) is 12.2. The molecule has 0 spiro atoms. The maximum atomic E-state index is 14.8. The molecule has 0 amide bonds. The molecule has 0 radical (unpaired) electrons. The molecule has 34 heavy (non-hydrogen) atoms. The van der Waals surface area contributed by atoms with Crippen LogP contribution in [0.1, 0.15) is 55.1 Å². The van der Waals surface area contributed by atoms with E-state index in [9.17, 15) is 8.78 Å². The number of anilines is 1. The van der Waals surface area contributed by atoms with Crippen molar-refractivity contribution in [3.63, 3.8) is 0 Å². The van der Waals surface area contributed by atoms with Crippen LogP contribution in [0.4, 0.5) is 13.9 Å². The maximum Gasteiger partial charge on any atom is 0.187 e. The van der Waals surface area contributed by atoms with E-state index in [1.807, 2.05) is 29.9 Å². The first kappa shape index (κ1) is 21.5. The number of fused-ring (bicyclic) bond motifs is 1. The summed E-state index contributed by atoms with van der Waals surface area (Å²) in [6.07, 6.45) is 7.63. The largest absolute Gasteiger partial charge is 0.373 e. The van der Waals surface area contributed by atoms with Gasteiger partial charge in [0.1, 0.15) is 22.2 Å². The van der Waals surface area contributed by atoms with Crippen LogP contribution in [0.2, 0.25) is 0 Å². The molecule has 3 aromatic heterocycles. The molecule has 1 aliphatic heterocycles. The second-order valence-electron chi connectivity index (χ2n) is 9.16. The van der Waals surface area contributed by atoms with Crippen LogP contribution in [-0.2, 0) is 4.74 Å². The third-order valence-electron chi connectivity index (χ3n) is 6.39. The van der Waals surface area contributed by atoms with Gasteiger partial charge in [-0.2, -0.15) is 10.1 Å². The topological polar surface area (TPSA) is 69.0 Å². The third-order valence-corrected chi connectivity index (χ3v) is 7.61. The van der Waals surface area contributed by atoms with Crippen LogP contribution < -0.4 is 4.90 Å². The Labute approximate surface area is 199 Å². The minimum Gasteiger partial charge on any atom is -0.373 e. The number of nitrogens with zero attached hydrogens (tertiary/aromatic N) is 6. The Morgan fingerprint density at radius 2 is 1.97 bits per heavy atom. The smallest absolute Gasteiger partial charge is 0.187 e. The summed E-state index contributed by atoms with van der Waals surface area (Å²) in [5, 5.41) is 5.23. The van der Waals surface area contributed by atoms with Crippen molar-refractivity contribution in [3.05, 3.63) is 53.6 Å². The predicted molar refractivity (Wildman–Crippen MR) is 126 cm³/mol. The van der Waals surface area contributed by atoms with Gasteiger partial charge in [0.05, 0.1) is 24.0 Å². The van der Waals surface area contributed by atoms with Gasteiger partial charge in [-0.25, -0.2) is 18.7 Å². The van der Waals surface area contributed by atoms with E-state index < -0.39 is 11.6 Å². The molecule has 7 nitrogen and oxygen atoms in total. The molecule has 4 heterocycles. The second kappa shape index (κ2) is 8.35. The normalized spacial score (nSPS) is 20.7. The number of rotatable bonds is 5. The highest BCUT2D eigenvalue weighted by atomic mass is 32.1. The van der Waals surface area contributed by atoms with Gasteiger partial charge in [0, 0.05) is 43.9 Å². The van der Waals surface area contributed by atoms with Crippen LogP contribution >= 0.6 is 11.3 Å². The summed E-state index contributed by atoms with van der Waals surface area (Å²) in [7, 11) is 3.78. The molecule has 2 unspecified atom stereocenters. The first-order valence-electron chi connectivity index (χ1n) is 11.4. The molecule has 176 valence electrons. The number of benzene rings is 1. The average molecular weight is 483 g/mol. The Hall–Kier alpha value is -2.98. The van der Waals surface area contributed by atoms with Crippen LogP contribution in [0.5, 0.6) is 0 Å². The zero-order valence-corrected chi connectivity index (χ0v) is 19.7.